The second kappa shape index (κ2) is 9.39. The molecule has 0 radical (unpaired) electrons. The van der Waals surface area contributed by atoms with Crippen molar-refractivity contribution in [2.24, 2.45) is 0 Å². The van der Waals surface area contributed by atoms with Crippen LogP contribution in [0.15, 0.2) is 66.7 Å². The minimum absolute atomic E-state index is 0.0220. The second-order valence-corrected chi connectivity index (χ2v) is 9.07. The number of hydrogen-bond acceptors (Lipinski definition) is 4. The van der Waals surface area contributed by atoms with Gasteiger partial charge in [-0.3, -0.25) is 9.59 Å². The smallest absolute Gasteiger partial charge is 0.265 e. The molecule has 0 atom stereocenters. The number of carbonyl (C=O) groups is 2. The van der Waals surface area contributed by atoms with Gasteiger partial charge in [0.2, 0.25) is 0 Å². The zero-order valence-electron chi connectivity index (χ0n) is 19.0. The van der Waals surface area contributed by atoms with E-state index in [9.17, 15) is 9.59 Å². The van der Waals surface area contributed by atoms with E-state index in [1.54, 1.807) is 4.90 Å². The Kier molecular flexibility index (Phi) is 6.16. The number of amides is 2. The number of carbonyl (C=O) groups excluding carboxylic acids is 2. The third kappa shape index (κ3) is 4.46. The summed E-state index contributed by atoms with van der Waals surface area (Å²) in [6, 6.07) is 21.2. The van der Waals surface area contributed by atoms with Gasteiger partial charge < -0.3 is 19.4 Å². The van der Waals surface area contributed by atoms with Gasteiger partial charge in [-0.2, -0.15) is 0 Å². The van der Waals surface area contributed by atoms with E-state index in [4.69, 9.17) is 16.3 Å². The van der Waals surface area contributed by atoms with E-state index >= 15 is 0 Å². The van der Waals surface area contributed by atoms with Gasteiger partial charge in [0.15, 0.2) is 6.61 Å². The highest BCUT2D eigenvalue weighted by molar-refractivity contribution is 6.33. The zero-order valence-corrected chi connectivity index (χ0v) is 19.8. The molecule has 2 amide bonds. The van der Waals surface area contributed by atoms with Crippen LogP contribution in [0.5, 0.6) is 5.75 Å². The maximum Gasteiger partial charge on any atom is 0.265 e. The first-order chi connectivity index (χ1) is 16.5. The molecular weight excluding hydrogens is 450 g/mol. The molecule has 0 bridgehead atoms. The van der Waals surface area contributed by atoms with E-state index in [0.29, 0.717) is 30.9 Å². The van der Waals surface area contributed by atoms with Crippen LogP contribution in [0.3, 0.4) is 0 Å². The normalized spacial score (nSPS) is 15.7. The summed E-state index contributed by atoms with van der Waals surface area (Å²) in [7, 11) is 0. The van der Waals surface area contributed by atoms with E-state index in [1.807, 2.05) is 78.6 Å². The van der Waals surface area contributed by atoms with Crippen molar-refractivity contribution < 1.29 is 14.3 Å². The molecule has 1 saturated heterocycles. The molecule has 5 rings (SSSR count). The topological polar surface area (TPSA) is 53.1 Å². The molecule has 2 aliphatic heterocycles. The van der Waals surface area contributed by atoms with Crippen LogP contribution in [-0.4, -0.2) is 49.5 Å². The number of piperazine rings is 1. The predicted molar refractivity (Wildman–Crippen MR) is 134 cm³/mol. The highest BCUT2D eigenvalue weighted by atomic mass is 35.5. The van der Waals surface area contributed by atoms with Crippen LogP contribution in [0, 0.1) is 6.92 Å². The average molecular weight is 476 g/mol. The molecule has 0 spiro atoms. The van der Waals surface area contributed by atoms with E-state index in [2.05, 4.69) is 4.90 Å². The van der Waals surface area contributed by atoms with Crippen molar-refractivity contribution in [3.05, 3.63) is 88.4 Å². The summed E-state index contributed by atoms with van der Waals surface area (Å²) >= 11 is 6.33. The lowest BCUT2D eigenvalue weighted by atomic mass is 10.1. The molecule has 0 N–H and O–H groups in total. The van der Waals surface area contributed by atoms with Gasteiger partial charge in [-0.15, -0.1) is 0 Å². The predicted octanol–water partition coefficient (Wildman–Crippen LogP) is 4.54. The number of para-hydroxylation sites is 1. The Morgan fingerprint density at radius 1 is 0.941 bits per heavy atom. The highest BCUT2D eigenvalue weighted by Crippen LogP contribution is 2.34. The minimum Gasteiger partial charge on any atom is -0.482 e. The van der Waals surface area contributed by atoms with Gasteiger partial charge in [0.1, 0.15) is 5.75 Å². The first-order valence-electron chi connectivity index (χ1n) is 11.4. The Balaban J connectivity index is 1.24. The number of ether oxygens (including phenoxy) is 1. The molecule has 6 nitrogen and oxygen atoms in total. The Morgan fingerprint density at radius 2 is 1.68 bits per heavy atom. The van der Waals surface area contributed by atoms with Gasteiger partial charge in [-0.1, -0.05) is 41.9 Å². The first-order valence-corrected chi connectivity index (χ1v) is 11.8. The fourth-order valence-corrected chi connectivity index (χ4v) is 4.72. The zero-order chi connectivity index (χ0) is 23.7. The van der Waals surface area contributed by atoms with Crippen LogP contribution < -0.4 is 14.5 Å². The second-order valence-electron chi connectivity index (χ2n) is 8.67. The van der Waals surface area contributed by atoms with Crippen molar-refractivity contribution in [1.82, 2.24) is 4.90 Å². The molecular formula is C27H26ClN3O3. The number of halogens is 1. The van der Waals surface area contributed by atoms with Crippen LogP contribution in [0.2, 0.25) is 5.02 Å². The van der Waals surface area contributed by atoms with Crippen molar-refractivity contribution in [2.75, 3.05) is 42.6 Å². The van der Waals surface area contributed by atoms with E-state index in [0.717, 1.165) is 40.6 Å². The fourth-order valence-electron chi connectivity index (χ4n) is 4.46. The molecule has 2 aliphatic rings. The highest BCUT2D eigenvalue weighted by Gasteiger charge is 2.26. The molecule has 0 unspecified atom stereocenters. The van der Waals surface area contributed by atoms with Gasteiger partial charge >= 0.3 is 0 Å². The number of hydrogen-bond donors (Lipinski definition) is 0. The summed E-state index contributed by atoms with van der Waals surface area (Å²) < 4.78 is 5.57. The van der Waals surface area contributed by atoms with Crippen LogP contribution in [0.25, 0.3) is 0 Å². The van der Waals surface area contributed by atoms with Crippen LogP contribution in [0.1, 0.15) is 21.5 Å². The van der Waals surface area contributed by atoms with Crippen LogP contribution in [-0.2, 0) is 11.3 Å². The van der Waals surface area contributed by atoms with Gasteiger partial charge in [-0.25, -0.2) is 0 Å². The van der Waals surface area contributed by atoms with Crippen molar-refractivity contribution in [1.29, 1.82) is 0 Å². The van der Waals surface area contributed by atoms with E-state index in [1.165, 1.54) is 0 Å². The Bertz CT molecular complexity index is 1220. The van der Waals surface area contributed by atoms with E-state index in [-0.39, 0.29) is 18.4 Å². The number of anilines is 2. The number of rotatable bonds is 4. The van der Waals surface area contributed by atoms with Gasteiger partial charge in [-0.05, 0) is 54.4 Å². The van der Waals surface area contributed by atoms with Crippen LogP contribution >= 0.6 is 11.6 Å². The molecule has 1 fully saturated rings. The first kappa shape index (κ1) is 22.3. The third-order valence-corrected chi connectivity index (χ3v) is 6.68. The monoisotopic (exact) mass is 475 g/mol. The molecule has 0 aromatic heterocycles. The van der Waals surface area contributed by atoms with E-state index < -0.39 is 0 Å². The van der Waals surface area contributed by atoms with Crippen molar-refractivity contribution in [2.45, 2.75) is 13.5 Å². The summed E-state index contributed by atoms with van der Waals surface area (Å²) in [4.78, 5) is 31.4. The standard InChI is InChI=1S/C27H26ClN3O3/c1-19-6-11-25-24(16-19)31(26(32)18-34-25)17-20-7-9-21(10-8-20)27(33)30-14-12-29(13-15-30)23-5-3-2-4-22(23)28/h2-11,16H,12-15,17-18H2,1H3. The molecule has 2 heterocycles. The van der Waals surface area contributed by atoms with Crippen molar-refractivity contribution in [3.8, 4) is 5.75 Å². The molecule has 0 saturated carbocycles. The lowest BCUT2D eigenvalue weighted by Gasteiger charge is -2.36. The molecule has 3 aromatic rings. The molecule has 7 heteroatoms. The fraction of sp³-hybridized carbons (Fsp3) is 0.259. The van der Waals surface area contributed by atoms with Gasteiger partial charge in [0, 0.05) is 31.7 Å². The number of nitrogens with zero attached hydrogens (tertiary/aromatic N) is 3. The number of fused-ring (bicyclic) bond motifs is 1. The lowest BCUT2D eigenvalue weighted by Crippen LogP contribution is -2.48. The maximum absolute atomic E-state index is 13.1. The summed E-state index contributed by atoms with van der Waals surface area (Å²) in [6.07, 6.45) is 0. The molecule has 0 aliphatic carbocycles. The Labute approximate surface area is 204 Å². The summed E-state index contributed by atoms with van der Waals surface area (Å²) in [6.45, 7) is 5.23. The number of aryl methyl sites for hydroxylation is 1. The Morgan fingerprint density at radius 3 is 2.41 bits per heavy atom. The largest absolute Gasteiger partial charge is 0.482 e. The Hall–Kier alpha value is -3.51. The average Bonchev–Trinajstić information content (AvgIpc) is 2.86. The van der Waals surface area contributed by atoms with Crippen LogP contribution in [0.4, 0.5) is 11.4 Å². The number of benzene rings is 3. The lowest BCUT2D eigenvalue weighted by molar-refractivity contribution is -0.121. The summed E-state index contributed by atoms with van der Waals surface area (Å²) in [5.74, 6) is 0.663. The summed E-state index contributed by atoms with van der Waals surface area (Å²) in [5.41, 5.74) is 4.47. The van der Waals surface area contributed by atoms with Gasteiger partial charge in [0.05, 0.1) is 22.9 Å². The SMILES string of the molecule is Cc1ccc2c(c1)N(Cc1ccc(C(=O)N3CCN(c4ccccc4Cl)CC3)cc1)C(=O)CO2. The molecule has 174 valence electrons. The maximum atomic E-state index is 13.1. The third-order valence-electron chi connectivity index (χ3n) is 6.36. The van der Waals surface area contributed by atoms with Crippen molar-refractivity contribution in [3.63, 3.8) is 0 Å². The molecule has 34 heavy (non-hydrogen) atoms. The van der Waals surface area contributed by atoms with Crippen molar-refractivity contribution >= 4 is 34.8 Å². The quantitative estimate of drug-likeness (QED) is 0.556. The summed E-state index contributed by atoms with van der Waals surface area (Å²) in [5, 5.41) is 0.731. The van der Waals surface area contributed by atoms with Gasteiger partial charge in [0.25, 0.3) is 11.8 Å². The minimum atomic E-state index is -0.0744. The molecule has 3 aromatic carbocycles.